The average Bonchev–Trinajstić information content (AvgIpc) is 2.85. The summed E-state index contributed by atoms with van der Waals surface area (Å²) in [6.07, 6.45) is 3.21. The highest BCUT2D eigenvalue weighted by molar-refractivity contribution is 5.95. The Hall–Kier alpha value is -4.07. The van der Waals surface area contributed by atoms with Crippen molar-refractivity contribution in [3.05, 3.63) is 105 Å². The van der Waals surface area contributed by atoms with Gasteiger partial charge in [0.25, 0.3) is 5.56 Å². The van der Waals surface area contributed by atoms with E-state index in [1.54, 1.807) is 17.0 Å². The Morgan fingerprint density at radius 2 is 1.76 bits per heavy atom. The molecule has 7 nitrogen and oxygen atoms in total. The molecule has 166 valence electrons. The molecule has 0 unspecified atom stereocenters. The quantitative estimate of drug-likeness (QED) is 0.485. The molecule has 0 radical (unpaired) electrons. The van der Waals surface area contributed by atoms with E-state index in [1.807, 2.05) is 24.3 Å². The zero-order chi connectivity index (χ0) is 22.9. The van der Waals surface area contributed by atoms with Crippen LogP contribution in [0.25, 0.3) is 11.0 Å². The van der Waals surface area contributed by atoms with E-state index >= 15 is 0 Å². The van der Waals surface area contributed by atoms with Gasteiger partial charge in [0.15, 0.2) is 5.52 Å². The summed E-state index contributed by atoms with van der Waals surface area (Å²) in [5.41, 5.74) is 1.79. The number of aryl methyl sites for hydroxylation is 1. The number of halogens is 1. The summed E-state index contributed by atoms with van der Waals surface area (Å²) in [5.74, 6) is -0.641. The first kappa shape index (κ1) is 20.8. The fourth-order valence-electron chi connectivity index (χ4n) is 4.32. The number of hydrogen-bond acceptors (Lipinski definition) is 4. The fourth-order valence-corrected chi connectivity index (χ4v) is 4.32. The van der Waals surface area contributed by atoms with E-state index in [4.69, 9.17) is 0 Å². The molecule has 4 aromatic rings. The molecule has 0 N–H and O–H groups in total. The molecule has 8 heteroatoms. The molecule has 2 aromatic carbocycles. The first-order valence-electron chi connectivity index (χ1n) is 10.7. The molecule has 5 rings (SSSR count). The predicted octanol–water partition coefficient (Wildman–Crippen LogP) is 2.73. The number of aromatic nitrogens is 3. The number of benzene rings is 2. The fraction of sp³-hybridized carbons (Fsp3) is 0.200. The molecule has 0 atom stereocenters. The van der Waals surface area contributed by atoms with E-state index in [0.29, 0.717) is 17.6 Å². The van der Waals surface area contributed by atoms with Crippen LogP contribution in [0.2, 0.25) is 0 Å². The lowest BCUT2D eigenvalue weighted by Crippen LogP contribution is -2.44. The SMILES string of the molecule is O=C(Cn1c(=O)n(Cc2ccc(F)cc2)c(=O)c2ncccc21)N1CCCc2ccccc21. The van der Waals surface area contributed by atoms with Gasteiger partial charge in [0.2, 0.25) is 5.91 Å². The lowest BCUT2D eigenvalue weighted by atomic mass is 10.0. The van der Waals surface area contributed by atoms with E-state index in [0.717, 1.165) is 28.7 Å². The number of para-hydroxylation sites is 1. The Balaban J connectivity index is 1.58. The second kappa shape index (κ2) is 8.46. The third-order valence-corrected chi connectivity index (χ3v) is 5.95. The minimum absolute atomic E-state index is 0.0504. The first-order chi connectivity index (χ1) is 16.0. The Bertz CT molecular complexity index is 1470. The van der Waals surface area contributed by atoms with Gasteiger partial charge in [0, 0.05) is 18.4 Å². The van der Waals surface area contributed by atoms with Crippen molar-refractivity contribution in [1.82, 2.24) is 14.1 Å². The van der Waals surface area contributed by atoms with Crippen LogP contribution in [0.15, 0.2) is 76.4 Å². The molecular formula is C25H21FN4O3. The van der Waals surface area contributed by atoms with Crippen molar-refractivity contribution in [3.63, 3.8) is 0 Å². The topological polar surface area (TPSA) is 77.2 Å². The van der Waals surface area contributed by atoms with Gasteiger partial charge in [0.05, 0.1) is 12.1 Å². The van der Waals surface area contributed by atoms with E-state index in [2.05, 4.69) is 4.98 Å². The zero-order valence-corrected chi connectivity index (χ0v) is 17.8. The maximum atomic E-state index is 13.4. The van der Waals surface area contributed by atoms with E-state index in [-0.39, 0.29) is 24.5 Å². The van der Waals surface area contributed by atoms with Crippen LogP contribution >= 0.6 is 0 Å². The standard InChI is InChI=1S/C25H21FN4O3/c26-19-11-9-17(10-12-19)15-30-24(32)23-21(8-3-13-27-23)29(25(30)33)16-22(31)28-14-4-6-18-5-1-2-7-20(18)28/h1-3,5,7-13H,4,6,14-16H2. The van der Waals surface area contributed by atoms with Crippen LogP contribution in [0, 0.1) is 5.82 Å². The molecule has 33 heavy (non-hydrogen) atoms. The lowest BCUT2D eigenvalue weighted by Gasteiger charge is -2.29. The van der Waals surface area contributed by atoms with Crippen molar-refractivity contribution in [2.75, 3.05) is 11.4 Å². The van der Waals surface area contributed by atoms with Gasteiger partial charge in [-0.05, 0) is 54.3 Å². The molecule has 3 heterocycles. The van der Waals surface area contributed by atoms with Crippen LogP contribution in [0.4, 0.5) is 10.1 Å². The molecule has 1 amide bonds. The second-order valence-electron chi connectivity index (χ2n) is 8.04. The molecule has 0 bridgehead atoms. The monoisotopic (exact) mass is 444 g/mol. The van der Waals surface area contributed by atoms with Crippen molar-refractivity contribution in [2.24, 2.45) is 0 Å². The van der Waals surface area contributed by atoms with E-state index in [1.165, 1.54) is 35.0 Å². The molecule has 0 fully saturated rings. The third kappa shape index (κ3) is 3.84. The third-order valence-electron chi connectivity index (χ3n) is 5.95. The highest BCUT2D eigenvalue weighted by Crippen LogP contribution is 2.27. The van der Waals surface area contributed by atoms with Crippen molar-refractivity contribution in [1.29, 1.82) is 0 Å². The van der Waals surface area contributed by atoms with Crippen LogP contribution in [0.3, 0.4) is 0 Å². The van der Waals surface area contributed by atoms with E-state index in [9.17, 15) is 18.8 Å². The summed E-state index contributed by atoms with van der Waals surface area (Å²) in [4.78, 5) is 45.6. The first-order valence-corrected chi connectivity index (χ1v) is 10.7. The average molecular weight is 444 g/mol. The largest absolute Gasteiger partial charge is 0.332 e. The predicted molar refractivity (Wildman–Crippen MR) is 123 cm³/mol. The van der Waals surface area contributed by atoms with Crippen LogP contribution in [-0.4, -0.2) is 26.6 Å². The van der Waals surface area contributed by atoms with Crippen molar-refractivity contribution < 1.29 is 9.18 Å². The Morgan fingerprint density at radius 1 is 0.970 bits per heavy atom. The minimum atomic E-state index is -0.608. The summed E-state index contributed by atoms with van der Waals surface area (Å²) in [7, 11) is 0. The normalized spacial score (nSPS) is 13.2. The number of fused-ring (bicyclic) bond motifs is 2. The Kier molecular flexibility index (Phi) is 5.34. The molecule has 0 aliphatic carbocycles. The van der Waals surface area contributed by atoms with Gasteiger partial charge in [-0.2, -0.15) is 0 Å². The second-order valence-corrected chi connectivity index (χ2v) is 8.04. The van der Waals surface area contributed by atoms with Gasteiger partial charge < -0.3 is 4.90 Å². The highest BCUT2D eigenvalue weighted by Gasteiger charge is 2.24. The molecule has 0 saturated heterocycles. The van der Waals surface area contributed by atoms with Gasteiger partial charge in [-0.1, -0.05) is 30.3 Å². The lowest BCUT2D eigenvalue weighted by molar-refractivity contribution is -0.119. The number of anilines is 1. The van der Waals surface area contributed by atoms with Gasteiger partial charge in [0.1, 0.15) is 12.4 Å². The minimum Gasteiger partial charge on any atom is -0.311 e. The molecular weight excluding hydrogens is 423 g/mol. The number of carbonyl (C=O) groups excluding carboxylic acids is 1. The molecule has 0 spiro atoms. The maximum absolute atomic E-state index is 13.4. The molecule has 1 aliphatic rings. The number of rotatable bonds is 4. The van der Waals surface area contributed by atoms with Crippen molar-refractivity contribution in [3.8, 4) is 0 Å². The van der Waals surface area contributed by atoms with Crippen LogP contribution in [0.1, 0.15) is 17.5 Å². The van der Waals surface area contributed by atoms with E-state index < -0.39 is 17.1 Å². The Labute approximate surface area is 188 Å². The van der Waals surface area contributed by atoms with Crippen LogP contribution < -0.4 is 16.1 Å². The van der Waals surface area contributed by atoms with Gasteiger partial charge >= 0.3 is 5.69 Å². The van der Waals surface area contributed by atoms with Gasteiger partial charge in [-0.25, -0.2) is 14.2 Å². The van der Waals surface area contributed by atoms with Crippen LogP contribution in [-0.2, 0) is 24.3 Å². The number of hydrogen-bond donors (Lipinski definition) is 0. The summed E-state index contributed by atoms with van der Waals surface area (Å²) >= 11 is 0. The van der Waals surface area contributed by atoms with Gasteiger partial charge in [-0.3, -0.25) is 18.7 Å². The smallest absolute Gasteiger partial charge is 0.311 e. The summed E-state index contributed by atoms with van der Waals surface area (Å²) in [5, 5.41) is 0. The molecule has 1 aliphatic heterocycles. The Morgan fingerprint density at radius 3 is 2.58 bits per heavy atom. The summed E-state index contributed by atoms with van der Waals surface area (Å²) < 4.78 is 15.6. The number of nitrogens with zero attached hydrogens (tertiary/aromatic N) is 4. The number of pyridine rings is 1. The molecule has 2 aromatic heterocycles. The highest BCUT2D eigenvalue weighted by atomic mass is 19.1. The summed E-state index contributed by atoms with van der Waals surface area (Å²) in [6, 6.07) is 16.6. The number of carbonyl (C=O) groups is 1. The van der Waals surface area contributed by atoms with Crippen molar-refractivity contribution >= 4 is 22.6 Å². The van der Waals surface area contributed by atoms with Crippen LogP contribution in [0.5, 0.6) is 0 Å². The number of amides is 1. The van der Waals surface area contributed by atoms with Gasteiger partial charge in [-0.15, -0.1) is 0 Å². The zero-order valence-electron chi connectivity index (χ0n) is 17.8. The maximum Gasteiger partial charge on any atom is 0.332 e. The molecule has 0 saturated carbocycles. The van der Waals surface area contributed by atoms with Crippen molar-refractivity contribution in [2.45, 2.75) is 25.9 Å². The summed E-state index contributed by atoms with van der Waals surface area (Å²) in [6.45, 7) is 0.292.